The Hall–Kier alpha value is -2.76. The first kappa shape index (κ1) is 19.0. The average Bonchev–Trinajstić information content (AvgIpc) is 3.25. The summed E-state index contributed by atoms with van der Waals surface area (Å²) in [6.07, 6.45) is 5.55. The molecule has 1 amide bonds. The first-order valence-electron chi connectivity index (χ1n) is 9.29. The maximum atomic E-state index is 13.2. The van der Waals surface area contributed by atoms with Gasteiger partial charge in [0.15, 0.2) is 11.5 Å². The van der Waals surface area contributed by atoms with Gasteiger partial charge in [-0.05, 0) is 38.8 Å². The number of esters is 1. The summed E-state index contributed by atoms with van der Waals surface area (Å²) < 4.78 is 10.3. The number of phenols is 1. The lowest BCUT2D eigenvalue weighted by atomic mass is 10.0. The van der Waals surface area contributed by atoms with E-state index in [4.69, 9.17) is 9.47 Å². The molecule has 0 bridgehead atoms. The first-order chi connectivity index (χ1) is 13.0. The van der Waals surface area contributed by atoms with Crippen LogP contribution in [0.4, 0.5) is 0 Å². The van der Waals surface area contributed by atoms with Crippen molar-refractivity contribution in [2.45, 2.75) is 45.6 Å². The molecule has 6 heteroatoms. The van der Waals surface area contributed by atoms with Gasteiger partial charge >= 0.3 is 5.97 Å². The van der Waals surface area contributed by atoms with Crippen molar-refractivity contribution in [2.75, 3.05) is 13.7 Å². The molecule has 1 aliphatic heterocycles. The van der Waals surface area contributed by atoms with E-state index >= 15 is 0 Å². The summed E-state index contributed by atoms with van der Waals surface area (Å²) in [5.41, 5.74) is 1.54. The van der Waals surface area contributed by atoms with Crippen LogP contribution in [0.1, 0.15) is 45.1 Å². The summed E-state index contributed by atoms with van der Waals surface area (Å²) in [5.74, 6) is -0.486. The Morgan fingerprint density at radius 2 is 2.04 bits per heavy atom. The third-order valence-corrected chi connectivity index (χ3v) is 5.15. The summed E-state index contributed by atoms with van der Waals surface area (Å²) in [6.45, 7) is 4.01. The van der Waals surface area contributed by atoms with Gasteiger partial charge in [0.25, 0.3) is 5.91 Å². The van der Waals surface area contributed by atoms with Gasteiger partial charge in [-0.25, -0.2) is 4.79 Å². The second-order valence-electron chi connectivity index (χ2n) is 6.75. The second kappa shape index (κ2) is 7.86. The number of carbonyl (C=O) groups excluding carboxylic acids is 2. The monoisotopic (exact) mass is 371 g/mol. The number of aromatic hydroxyl groups is 1. The Balaban J connectivity index is 2.07. The number of amides is 1. The molecular formula is C21H25NO5. The number of benzene rings is 1. The number of phenolic OH excluding ortho intramolecular Hbond substituents is 1. The van der Waals surface area contributed by atoms with Crippen molar-refractivity contribution in [2.24, 2.45) is 0 Å². The van der Waals surface area contributed by atoms with Gasteiger partial charge < -0.3 is 19.5 Å². The number of carbonyl (C=O) groups is 2. The van der Waals surface area contributed by atoms with Crippen LogP contribution < -0.4 is 4.74 Å². The summed E-state index contributed by atoms with van der Waals surface area (Å²) in [4.78, 5) is 27.3. The number of ether oxygens (including phenoxy) is 2. The second-order valence-corrected chi connectivity index (χ2v) is 6.75. The highest BCUT2D eigenvalue weighted by Gasteiger charge is 2.41. The highest BCUT2D eigenvalue weighted by Crippen LogP contribution is 2.39. The lowest BCUT2D eigenvalue weighted by molar-refractivity contribution is -0.136. The van der Waals surface area contributed by atoms with Crippen LogP contribution in [-0.4, -0.2) is 41.6 Å². The highest BCUT2D eigenvalue weighted by atomic mass is 16.5. The predicted molar refractivity (Wildman–Crippen MR) is 101 cm³/mol. The van der Waals surface area contributed by atoms with Gasteiger partial charge in [-0.15, -0.1) is 0 Å². The standard InChI is InChI=1S/C21H25NO5/c1-4-27-17-11-7-8-14(19(17)23)12-16-18(21(25)26-3)13(2)22(20(16)24)15-9-5-6-10-15/h7-8,11-12,15,23H,4-6,9-10H2,1-3H3/b16-12-. The maximum absolute atomic E-state index is 13.2. The molecule has 0 saturated heterocycles. The minimum absolute atomic E-state index is 0.0548. The smallest absolute Gasteiger partial charge is 0.340 e. The molecule has 144 valence electrons. The lowest BCUT2D eigenvalue weighted by Crippen LogP contribution is -2.34. The van der Waals surface area contributed by atoms with Crippen LogP contribution in [0, 0.1) is 0 Å². The fraction of sp³-hybridized carbons (Fsp3) is 0.429. The Kier molecular flexibility index (Phi) is 5.54. The molecule has 1 fully saturated rings. The molecule has 0 radical (unpaired) electrons. The molecule has 1 aromatic rings. The number of hydrogen-bond donors (Lipinski definition) is 1. The quantitative estimate of drug-likeness (QED) is 0.634. The third kappa shape index (κ3) is 3.44. The topological polar surface area (TPSA) is 76.1 Å². The average molecular weight is 371 g/mol. The van der Waals surface area contributed by atoms with Gasteiger partial charge in [0.2, 0.25) is 0 Å². The highest BCUT2D eigenvalue weighted by molar-refractivity contribution is 6.16. The molecule has 3 rings (SSSR count). The zero-order valence-electron chi connectivity index (χ0n) is 15.9. The fourth-order valence-electron chi connectivity index (χ4n) is 3.88. The van der Waals surface area contributed by atoms with Crippen LogP contribution in [0.25, 0.3) is 6.08 Å². The van der Waals surface area contributed by atoms with Crippen LogP contribution in [0.5, 0.6) is 11.5 Å². The summed E-state index contributed by atoms with van der Waals surface area (Å²) in [7, 11) is 1.30. The van der Waals surface area contributed by atoms with E-state index in [9.17, 15) is 14.7 Å². The van der Waals surface area contributed by atoms with E-state index in [2.05, 4.69) is 0 Å². The zero-order valence-corrected chi connectivity index (χ0v) is 15.9. The maximum Gasteiger partial charge on any atom is 0.340 e. The number of methoxy groups -OCH3 is 1. The molecule has 1 saturated carbocycles. The molecule has 2 aliphatic rings. The largest absolute Gasteiger partial charge is 0.504 e. The molecule has 0 unspecified atom stereocenters. The molecule has 0 spiro atoms. The van der Waals surface area contributed by atoms with Gasteiger partial charge in [-0.3, -0.25) is 4.79 Å². The van der Waals surface area contributed by atoms with Gasteiger partial charge in [0.1, 0.15) is 0 Å². The minimum Gasteiger partial charge on any atom is -0.504 e. The van der Waals surface area contributed by atoms with Crippen molar-refractivity contribution in [1.29, 1.82) is 0 Å². The molecule has 6 nitrogen and oxygen atoms in total. The van der Waals surface area contributed by atoms with E-state index in [1.54, 1.807) is 36.1 Å². The van der Waals surface area contributed by atoms with Crippen molar-refractivity contribution >= 4 is 18.0 Å². The third-order valence-electron chi connectivity index (χ3n) is 5.15. The van der Waals surface area contributed by atoms with Crippen LogP contribution in [0.3, 0.4) is 0 Å². The fourth-order valence-corrected chi connectivity index (χ4v) is 3.88. The number of nitrogens with zero attached hydrogens (tertiary/aromatic N) is 1. The van der Waals surface area contributed by atoms with Gasteiger partial charge in [-0.2, -0.15) is 0 Å². The van der Waals surface area contributed by atoms with Crippen LogP contribution in [0.2, 0.25) is 0 Å². The van der Waals surface area contributed by atoms with Gasteiger partial charge in [0, 0.05) is 17.3 Å². The number of rotatable bonds is 5. The van der Waals surface area contributed by atoms with Gasteiger partial charge in [0.05, 0.1) is 24.9 Å². The van der Waals surface area contributed by atoms with Crippen molar-refractivity contribution in [3.05, 3.63) is 40.6 Å². The molecular weight excluding hydrogens is 346 g/mol. The Bertz CT molecular complexity index is 818. The first-order valence-corrected chi connectivity index (χ1v) is 9.29. The molecule has 1 heterocycles. The molecule has 1 N–H and O–H groups in total. The number of para-hydroxylation sites is 1. The summed E-state index contributed by atoms with van der Waals surface area (Å²) >= 11 is 0. The Labute approximate surface area is 159 Å². The van der Waals surface area contributed by atoms with Crippen molar-refractivity contribution in [3.8, 4) is 11.5 Å². The van der Waals surface area contributed by atoms with E-state index in [1.807, 2.05) is 6.92 Å². The summed E-state index contributed by atoms with van der Waals surface area (Å²) in [5, 5.41) is 10.5. The Morgan fingerprint density at radius 3 is 2.67 bits per heavy atom. The predicted octanol–water partition coefficient (Wildman–Crippen LogP) is 3.41. The summed E-state index contributed by atoms with van der Waals surface area (Å²) in [6, 6.07) is 5.18. The molecule has 0 atom stereocenters. The molecule has 0 aromatic heterocycles. The van der Waals surface area contributed by atoms with E-state index in [1.165, 1.54) is 7.11 Å². The van der Waals surface area contributed by atoms with Crippen molar-refractivity contribution in [1.82, 2.24) is 4.90 Å². The SMILES string of the molecule is CCOc1cccc(/C=C2\C(=O)N(C3CCCC3)C(C)=C2C(=O)OC)c1O. The van der Waals surface area contributed by atoms with E-state index in [0.717, 1.165) is 25.7 Å². The van der Waals surface area contributed by atoms with Crippen LogP contribution >= 0.6 is 0 Å². The lowest BCUT2D eigenvalue weighted by Gasteiger charge is -2.25. The van der Waals surface area contributed by atoms with Gasteiger partial charge in [-0.1, -0.05) is 25.0 Å². The zero-order chi connectivity index (χ0) is 19.6. The normalized spacial score (nSPS) is 19.3. The molecule has 1 aliphatic carbocycles. The number of hydrogen-bond acceptors (Lipinski definition) is 5. The molecule has 27 heavy (non-hydrogen) atoms. The van der Waals surface area contributed by atoms with E-state index in [-0.39, 0.29) is 28.8 Å². The van der Waals surface area contributed by atoms with Crippen molar-refractivity contribution < 1.29 is 24.2 Å². The van der Waals surface area contributed by atoms with Crippen molar-refractivity contribution in [3.63, 3.8) is 0 Å². The van der Waals surface area contributed by atoms with E-state index < -0.39 is 5.97 Å². The van der Waals surface area contributed by atoms with Crippen LogP contribution in [0.15, 0.2) is 35.0 Å². The Morgan fingerprint density at radius 1 is 1.33 bits per heavy atom. The van der Waals surface area contributed by atoms with E-state index in [0.29, 0.717) is 23.6 Å². The number of allylic oxidation sites excluding steroid dienone is 1. The van der Waals surface area contributed by atoms with Crippen LogP contribution in [-0.2, 0) is 14.3 Å². The molecule has 1 aromatic carbocycles. The minimum atomic E-state index is -0.548.